The summed E-state index contributed by atoms with van der Waals surface area (Å²) in [5.74, 6) is -0.0409. The zero-order valence-electron chi connectivity index (χ0n) is 13.5. The van der Waals surface area contributed by atoms with E-state index in [9.17, 15) is 13.2 Å². The van der Waals surface area contributed by atoms with Gasteiger partial charge in [0.2, 0.25) is 0 Å². The summed E-state index contributed by atoms with van der Waals surface area (Å²) in [5.41, 5.74) is 1.03. The average molecular weight is 353 g/mol. The maximum atomic E-state index is 12.4. The van der Waals surface area contributed by atoms with Crippen molar-refractivity contribution in [1.29, 1.82) is 0 Å². The van der Waals surface area contributed by atoms with Crippen molar-refractivity contribution in [1.82, 2.24) is 4.90 Å². The number of amides is 1. The summed E-state index contributed by atoms with van der Waals surface area (Å²) in [6, 6.07) is 8.11. The average Bonchev–Trinajstić information content (AvgIpc) is 2.98. The van der Waals surface area contributed by atoms with E-state index < -0.39 is 10.1 Å². The maximum absolute atomic E-state index is 12.4. The van der Waals surface area contributed by atoms with Crippen molar-refractivity contribution >= 4 is 27.4 Å². The molecule has 0 N–H and O–H groups in total. The summed E-state index contributed by atoms with van der Waals surface area (Å²) in [4.78, 5) is 14.4. The molecule has 0 spiro atoms. The summed E-state index contributed by atoms with van der Waals surface area (Å²) in [6.45, 7) is 3.70. The molecule has 1 aromatic heterocycles. The van der Waals surface area contributed by atoms with Crippen LogP contribution in [0, 0.1) is 6.92 Å². The summed E-state index contributed by atoms with van der Waals surface area (Å²) in [5, 5.41) is 0. The van der Waals surface area contributed by atoms with Crippen LogP contribution in [0.2, 0.25) is 0 Å². The highest BCUT2D eigenvalue weighted by Gasteiger charge is 2.21. The normalized spacial score (nSPS) is 11.3. The number of carbonyl (C=O) groups is 1. The Labute approximate surface area is 140 Å². The van der Waals surface area contributed by atoms with Gasteiger partial charge in [-0.05, 0) is 43.2 Å². The van der Waals surface area contributed by atoms with Gasteiger partial charge in [0.15, 0.2) is 4.21 Å². The molecule has 0 fully saturated rings. The van der Waals surface area contributed by atoms with Gasteiger partial charge in [0.05, 0.1) is 0 Å². The van der Waals surface area contributed by atoms with Gasteiger partial charge < -0.3 is 9.08 Å². The Kier molecular flexibility index (Phi) is 5.11. The lowest BCUT2D eigenvalue weighted by Gasteiger charge is -2.13. The van der Waals surface area contributed by atoms with Gasteiger partial charge in [-0.1, -0.05) is 13.0 Å². The Bertz CT molecular complexity index is 822. The molecule has 23 heavy (non-hydrogen) atoms. The molecule has 5 nitrogen and oxygen atoms in total. The van der Waals surface area contributed by atoms with E-state index in [1.807, 2.05) is 6.92 Å². The van der Waals surface area contributed by atoms with Crippen LogP contribution in [0.4, 0.5) is 0 Å². The van der Waals surface area contributed by atoms with E-state index in [0.717, 1.165) is 11.3 Å². The molecule has 1 heterocycles. The third kappa shape index (κ3) is 3.92. The Morgan fingerprint density at radius 3 is 2.48 bits per heavy atom. The lowest BCUT2D eigenvalue weighted by molar-refractivity contribution is 0.0827. The molecule has 2 aromatic rings. The topological polar surface area (TPSA) is 63.7 Å². The van der Waals surface area contributed by atoms with Crippen LogP contribution in [0.15, 0.2) is 34.5 Å². The summed E-state index contributed by atoms with van der Waals surface area (Å²) in [7, 11) is -0.622. The third-order valence-electron chi connectivity index (χ3n) is 3.27. The monoisotopic (exact) mass is 353 g/mol. The fourth-order valence-corrected chi connectivity index (χ4v) is 4.16. The second kappa shape index (κ2) is 6.72. The standard InChI is InChI=1S/C16H19NO4S2/c1-5-13-8-9-15(22-13)23(19,20)21-14-10-12(7-6-11(14)2)16(18)17(3)4/h6-10H,5H2,1-4H3. The van der Waals surface area contributed by atoms with Gasteiger partial charge in [-0.25, -0.2) is 0 Å². The zero-order chi connectivity index (χ0) is 17.2. The summed E-state index contributed by atoms with van der Waals surface area (Å²) >= 11 is 1.19. The van der Waals surface area contributed by atoms with E-state index in [1.54, 1.807) is 45.3 Å². The van der Waals surface area contributed by atoms with Crippen LogP contribution in [0.3, 0.4) is 0 Å². The Morgan fingerprint density at radius 1 is 1.22 bits per heavy atom. The molecule has 0 aliphatic carbocycles. The van der Waals surface area contributed by atoms with Gasteiger partial charge in [0, 0.05) is 24.5 Å². The third-order valence-corrected chi connectivity index (χ3v) is 6.19. The first-order valence-electron chi connectivity index (χ1n) is 7.10. The second-order valence-electron chi connectivity index (χ2n) is 5.29. The Hall–Kier alpha value is -1.86. The molecular formula is C16H19NO4S2. The van der Waals surface area contributed by atoms with E-state index in [4.69, 9.17) is 4.18 Å². The molecule has 0 bridgehead atoms. The van der Waals surface area contributed by atoms with Crippen LogP contribution < -0.4 is 4.18 Å². The SMILES string of the molecule is CCc1ccc(S(=O)(=O)Oc2cc(C(=O)N(C)C)ccc2C)s1. The van der Waals surface area contributed by atoms with Gasteiger partial charge in [0.25, 0.3) is 5.91 Å². The van der Waals surface area contributed by atoms with Gasteiger partial charge in [-0.3, -0.25) is 4.79 Å². The minimum atomic E-state index is -3.89. The number of thiophene rings is 1. The maximum Gasteiger partial charge on any atom is 0.348 e. The first kappa shape index (κ1) is 17.5. The van der Waals surface area contributed by atoms with Gasteiger partial charge in [-0.2, -0.15) is 8.42 Å². The van der Waals surface area contributed by atoms with E-state index in [1.165, 1.54) is 22.3 Å². The molecule has 0 aliphatic heterocycles. The summed E-state index contributed by atoms with van der Waals surface area (Å²) < 4.78 is 30.2. The molecule has 0 unspecified atom stereocenters. The first-order valence-corrected chi connectivity index (χ1v) is 9.32. The number of nitrogens with zero attached hydrogens (tertiary/aromatic N) is 1. The van der Waals surface area contributed by atoms with Crippen molar-refractivity contribution in [2.45, 2.75) is 24.5 Å². The van der Waals surface area contributed by atoms with E-state index >= 15 is 0 Å². The molecule has 0 saturated carbocycles. The minimum absolute atomic E-state index is 0.165. The number of carbonyl (C=O) groups excluding carboxylic acids is 1. The van der Waals surface area contributed by atoms with E-state index in [0.29, 0.717) is 11.1 Å². The minimum Gasteiger partial charge on any atom is -0.378 e. The Balaban J connectivity index is 2.35. The van der Waals surface area contributed by atoms with E-state index in [2.05, 4.69) is 0 Å². The quantitative estimate of drug-likeness (QED) is 0.775. The molecule has 0 atom stereocenters. The van der Waals surface area contributed by atoms with Crippen molar-refractivity contribution in [3.8, 4) is 5.75 Å². The number of hydrogen-bond acceptors (Lipinski definition) is 5. The van der Waals surface area contributed by atoms with Gasteiger partial charge >= 0.3 is 10.1 Å². The lowest BCUT2D eigenvalue weighted by Crippen LogP contribution is -2.21. The molecule has 2 rings (SSSR count). The van der Waals surface area contributed by atoms with Gasteiger partial charge in [-0.15, -0.1) is 11.3 Å². The van der Waals surface area contributed by atoms with Crippen molar-refractivity contribution in [2.24, 2.45) is 0 Å². The second-order valence-corrected chi connectivity index (χ2v) is 8.23. The lowest BCUT2D eigenvalue weighted by atomic mass is 10.1. The van der Waals surface area contributed by atoms with Crippen LogP contribution in [-0.4, -0.2) is 33.3 Å². The molecule has 0 aliphatic rings. The van der Waals surface area contributed by atoms with Crippen molar-refractivity contribution in [2.75, 3.05) is 14.1 Å². The van der Waals surface area contributed by atoms with Crippen LogP contribution in [0.1, 0.15) is 27.7 Å². The molecule has 7 heteroatoms. The van der Waals surface area contributed by atoms with Crippen LogP contribution >= 0.6 is 11.3 Å². The number of aryl methyl sites for hydroxylation is 2. The van der Waals surface area contributed by atoms with Crippen LogP contribution in [0.5, 0.6) is 5.75 Å². The fourth-order valence-electron chi connectivity index (χ4n) is 1.92. The first-order chi connectivity index (χ1) is 10.7. The highest BCUT2D eigenvalue weighted by atomic mass is 32.3. The largest absolute Gasteiger partial charge is 0.378 e. The van der Waals surface area contributed by atoms with Crippen LogP contribution in [0.25, 0.3) is 0 Å². The smallest absolute Gasteiger partial charge is 0.348 e. The molecular weight excluding hydrogens is 334 g/mol. The van der Waals surface area contributed by atoms with Crippen molar-refractivity contribution < 1.29 is 17.4 Å². The number of hydrogen-bond donors (Lipinski definition) is 0. The highest BCUT2D eigenvalue weighted by Crippen LogP contribution is 2.28. The highest BCUT2D eigenvalue weighted by molar-refractivity contribution is 7.89. The van der Waals surface area contributed by atoms with Gasteiger partial charge in [0.1, 0.15) is 5.75 Å². The molecule has 124 valence electrons. The van der Waals surface area contributed by atoms with Crippen molar-refractivity contribution in [3.63, 3.8) is 0 Å². The zero-order valence-corrected chi connectivity index (χ0v) is 15.1. The van der Waals surface area contributed by atoms with Crippen molar-refractivity contribution in [3.05, 3.63) is 46.3 Å². The predicted molar refractivity (Wildman–Crippen MR) is 90.7 cm³/mol. The summed E-state index contributed by atoms with van der Waals surface area (Å²) in [6.07, 6.45) is 0.770. The van der Waals surface area contributed by atoms with E-state index in [-0.39, 0.29) is 15.9 Å². The number of benzene rings is 1. The molecule has 1 aromatic carbocycles. The fraction of sp³-hybridized carbons (Fsp3) is 0.312. The molecule has 0 radical (unpaired) electrons. The Morgan fingerprint density at radius 2 is 1.91 bits per heavy atom. The van der Waals surface area contributed by atoms with Crippen LogP contribution in [-0.2, 0) is 16.5 Å². The predicted octanol–water partition coefficient (Wildman–Crippen LogP) is 3.09. The number of rotatable bonds is 5. The molecule has 1 amide bonds. The molecule has 0 saturated heterocycles.